The summed E-state index contributed by atoms with van der Waals surface area (Å²) in [6.07, 6.45) is 0.114. The van der Waals surface area contributed by atoms with Gasteiger partial charge in [0.05, 0.1) is 12.0 Å². The average Bonchev–Trinajstić information content (AvgIpc) is 2.55. The largest absolute Gasteiger partial charge is 0.388 e. The van der Waals surface area contributed by atoms with E-state index in [0.717, 1.165) is 5.56 Å². The summed E-state index contributed by atoms with van der Waals surface area (Å²) in [5.41, 5.74) is 1.49. The molecule has 0 radical (unpaired) electrons. The van der Waals surface area contributed by atoms with E-state index in [1.165, 1.54) is 0 Å². The van der Waals surface area contributed by atoms with Crippen LogP contribution in [0.2, 0.25) is 0 Å². The highest BCUT2D eigenvalue weighted by atomic mass is 16.3. The first kappa shape index (κ1) is 11.9. The Bertz CT molecular complexity index is 344. The summed E-state index contributed by atoms with van der Waals surface area (Å²) in [5, 5.41) is 9.79. The van der Waals surface area contributed by atoms with Gasteiger partial charge in [-0.1, -0.05) is 45.0 Å². The van der Waals surface area contributed by atoms with E-state index in [2.05, 4.69) is 0 Å². The topological polar surface area (TPSA) is 37.3 Å². The van der Waals surface area contributed by atoms with Crippen molar-refractivity contribution in [3.63, 3.8) is 0 Å². The Morgan fingerprint density at radius 3 is 2.40 bits per heavy atom. The molecular weight excluding hydrogens is 188 g/mol. The van der Waals surface area contributed by atoms with Crippen molar-refractivity contribution in [3.05, 3.63) is 35.4 Å². The molecule has 0 fully saturated rings. The number of hydrogen-bond acceptors (Lipinski definition) is 2. The maximum atomic E-state index is 11.7. The fourth-order valence-electron chi connectivity index (χ4n) is 1.95. The second-order valence-corrected chi connectivity index (χ2v) is 3.41. The zero-order chi connectivity index (χ0) is 11.4. The lowest BCUT2D eigenvalue weighted by Crippen LogP contribution is -2.11. The van der Waals surface area contributed by atoms with Gasteiger partial charge in [-0.25, -0.2) is 0 Å². The molecule has 2 heteroatoms. The predicted molar refractivity (Wildman–Crippen MR) is 60.9 cm³/mol. The van der Waals surface area contributed by atoms with Crippen LogP contribution in [0.5, 0.6) is 0 Å². The average molecular weight is 206 g/mol. The van der Waals surface area contributed by atoms with E-state index in [4.69, 9.17) is 0 Å². The standard InChI is InChI=1S/C11H12O2.C2H6/c1-2-7-10(12)8-5-3-4-6-9(8)11(7)13;1-2/h3-7,10,12H,2H2,1H3;1-2H3. The number of aliphatic hydroxyl groups is 1. The molecule has 82 valence electrons. The minimum atomic E-state index is -0.589. The third kappa shape index (κ3) is 1.95. The molecule has 0 bridgehead atoms. The molecule has 2 nitrogen and oxygen atoms in total. The van der Waals surface area contributed by atoms with Crippen molar-refractivity contribution in [1.29, 1.82) is 0 Å². The van der Waals surface area contributed by atoms with Gasteiger partial charge in [0.25, 0.3) is 0 Å². The number of carbonyl (C=O) groups is 1. The molecule has 2 unspecified atom stereocenters. The second kappa shape index (κ2) is 5.08. The van der Waals surface area contributed by atoms with Crippen LogP contribution in [0.15, 0.2) is 24.3 Å². The quantitative estimate of drug-likeness (QED) is 0.767. The van der Waals surface area contributed by atoms with Crippen LogP contribution >= 0.6 is 0 Å². The van der Waals surface area contributed by atoms with E-state index in [1.807, 2.05) is 39.0 Å². The van der Waals surface area contributed by atoms with Crippen molar-refractivity contribution in [2.45, 2.75) is 33.3 Å². The molecule has 0 aromatic heterocycles. The molecule has 1 aliphatic rings. The molecule has 0 heterocycles. The summed E-state index contributed by atoms with van der Waals surface area (Å²) in [6.45, 7) is 5.93. The molecular formula is C13H18O2. The van der Waals surface area contributed by atoms with Crippen LogP contribution in [0, 0.1) is 5.92 Å². The Labute approximate surface area is 90.9 Å². The van der Waals surface area contributed by atoms with Gasteiger partial charge in [0.15, 0.2) is 5.78 Å². The number of fused-ring (bicyclic) bond motifs is 1. The maximum absolute atomic E-state index is 11.7. The van der Waals surface area contributed by atoms with Crippen LogP contribution < -0.4 is 0 Å². The smallest absolute Gasteiger partial charge is 0.169 e. The van der Waals surface area contributed by atoms with Gasteiger partial charge in [0.1, 0.15) is 0 Å². The normalized spacial score (nSPS) is 23.1. The van der Waals surface area contributed by atoms with Crippen LogP contribution in [-0.4, -0.2) is 10.9 Å². The molecule has 15 heavy (non-hydrogen) atoms. The van der Waals surface area contributed by atoms with Crippen LogP contribution in [0.4, 0.5) is 0 Å². The molecule has 1 aliphatic carbocycles. The van der Waals surface area contributed by atoms with Crippen LogP contribution in [0.1, 0.15) is 49.2 Å². The zero-order valence-electron chi connectivity index (χ0n) is 9.53. The molecule has 0 aliphatic heterocycles. The lowest BCUT2D eigenvalue weighted by molar-refractivity contribution is 0.0749. The van der Waals surface area contributed by atoms with Crippen molar-refractivity contribution < 1.29 is 9.90 Å². The number of hydrogen-bond donors (Lipinski definition) is 1. The molecule has 1 N–H and O–H groups in total. The molecule has 2 atom stereocenters. The number of aliphatic hydroxyl groups excluding tert-OH is 1. The summed E-state index contributed by atoms with van der Waals surface area (Å²) in [7, 11) is 0. The third-order valence-corrected chi connectivity index (χ3v) is 2.70. The molecule has 0 spiro atoms. The number of carbonyl (C=O) groups excluding carboxylic acids is 1. The lowest BCUT2D eigenvalue weighted by Gasteiger charge is -2.09. The van der Waals surface area contributed by atoms with Crippen LogP contribution in [0.25, 0.3) is 0 Å². The fraction of sp³-hybridized carbons (Fsp3) is 0.462. The highest BCUT2D eigenvalue weighted by molar-refractivity contribution is 6.02. The van der Waals surface area contributed by atoms with Crippen molar-refractivity contribution >= 4 is 5.78 Å². The Kier molecular flexibility index (Phi) is 4.04. The summed E-state index contributed by atoms with van der Waals surface area (Å²) >= 11 is 0. The van der Waals surface area contributed by atoms with E-state index < -0.39 is 6.10 Å². The summed E-state index contributed by atoms with van der Waals surface area (Å²) in [4.78, 5) is 11.7. The second-order valence-electron chi connectivity index (χ2n) is 3.41. The van der Waals surface area contributed by atoms with Crippen LogP contribution in [0.3, 0.4) is 0 Å². The molecule has 1 aromatic rings. The minimum absolute atomic E-state index is 0.0885. The van der Waals surface area contributed by atoms with Gasteiger partial charge < -0.3 is 5.11 Å². The predicted octanol–water partition coefficient (Wildman–Crippen LogP) is 2.97. The Balaban J connectivity index is 0.000000531. The van der Waals surface area contributed by atoms with E-state index in [1.54, 1.807) is 6.07 Å². The number of Topliss-reactive ketones (excluding diaryl/α,β-unsaturated/α-hetero) is 1. The highest BCUT2D eigenvalue weighted by Crippen LogP contribution is 2.37. The number of rotatable bonds is 1. The van der Waals surface area contributed by atoms with Crippen LogP contribution in [-0.2, 0) is 0 Å². The number of benzene rings is 1. The summed E-state index contributed by atoms with van der Waals surface area (Å²) < 4.78 is 0. The van der Waals surface area contributed by atoms with Gasteiger partial charge in [-0.15, -0.1) is 0 Å². The van der Waals surface area contributed by atoms with Gasteiger partial charge in [-0.05, 0) is 12.0 Å². The van der Waals surface area contributed by atoms with Gasteiger partial charge >= 0.3 is 0 Å². The highest BCUT2D eigenvalue weighted by Gasteiger charge is 2.36. The maximum Gasteiger partial charge on any atom is 0.169 e. The van der Waals surface area contributed by atoms with Gasteiger partial charge in [-0.3, -0.25) is 4.79 Å². The lowest BCUT2D eigenvalue weighted by atomic mass is 10.00. The van der Waals surface area contributed by atoms with E-state index in [0.29, 0.717) is 12.0 Å². The van der Waals surface area contributed by atoms with Crippen molar-refractivity contribution in [2.24, 2.45) is 5.92 Å². The number of ketones is 1. The van der Waals surface area contributed by atoms with Crippen molar-refractivity contribution in [3.8, 4) is 0 Å². The first-order chi connectivity index (χ1) is 7.25. The van der Waals surface area contributed by atoms with Gasteiger partial charge in [0, 0.05) is 5.56 Å². The first-order valence-electron chi connectivity index (χ1n) is 5.57. The van der Waals surface area contributed by atoms with E-state index in [-0.39, 0.29) is 11.7 Å². The minimum Gasteiger partial charge on any atom is -0.388 e. The van der Waals surface area contributed by atoms with Crippen molar-refractivity contribution in [2.75, 3.05) is 0 Å². The Morgan fingerprint density at radius 1 is 1.27 bits per heavy atom. The van der Waals surface area contributed by atoms with Crippen molar-refractivity contribution in [1.82, 2.24) is 0 Å². The molecule has 0 saturated heterocycles. The molecule has 0 saturated carbocycles. The van der Waals surface area contributed by atoms with Gasteiger partial charge in [-0.2, -0.15) is 0 Å². The summed E-state index contributed by atoms with van der Waals surface area (Å²) in [6, 6.07) is 7.30. The van der Waals surface area contributed by atoms with E-state index in [9.17, 15) is 9.90 Å². The summed E-state index contributed by atoms with van der Waals surface area (Å²) in [5.74, 6) is -0.136. The first-order valence-corrected chi connectivity index (χ1v) is 5.57. The zero-order valence-corrected chi connectivity index (χ0v) is 9.53. The van der Waals surface area contributed by atoms with Gasteiger partial charge in [0.2, 0.25) is 0 Å². The Morgan fingerprint density at radius 2 is 1.87 bits per heavy atom. The SMILES string of the molecule is CC.CCC1C(=O)c2ccccc2C1O. The molecule has 1 aromatic carbocycles. The van der Waals surface area contributed by atoms with E-state index >= 15 is 0 Å². The Hall–Kier alpha value is -1.15. The fourth-order valence-corrected chi connectivity index (χ4v) is 1.95. The molecule has 0 amide bonds. The molecule has 2 rings (SSSR count). The third-order valence-electron chi connectivity index (χ3n) is 2.70. The monoisotopic (exact) mass is 206 g/mol.